The van der Waals surface area contributed by atoms with Crippen molar-refractivity contribution in [2.24, 2.45) is 0 Å². The van der Waals surface area contributed by atoms with Gasteiger partial charge in [0.25, 0.3) is 5.78 Å². The van der Waals surface area contributed by atoms with Crippen molar-refractivity contribution in [3.05, 3.63) is 59.5 Å². The fraction of sp³-hybridized carbons (Fsp3) is 0.304. The van der Waals surface area contributed by atoms with Crippen LogP contribution in [-0.4, -0.2) is 63.7 Å². The van der Waals surface area contributed by atoms with Crippen LogP contribution in [0.1, 0.15) is 9.67 Å². The number of hydrogen-bond acceptors (Lipinski definition) is 6. The molecular weight excluding hydrogens is 402 g/mol. The van der Waals surface area contributed by atoms with Crippen LogP contribution in [0, 0.1) is 0 Å². The molecule has 0 aliphatic heterocycles. The topological polar surface area (TPSA) is 61.8 Å². The van der Waals surface area contributed by atoms with Gasteiger partial charge in [-0.1, -0.05) is 41.7 Å². The number of carbonyl (C=O) groups is 2. The number of rotatable bonds is 10. The van der Waals surface area contributed by atoms with Gasteiger partial charge in [-0.05, 0) is 35.0 Å². The van der Waals surface area contributed by atoms with Crippen molar-refractivity contribution in [1.29, 1.82) is 0 Å². The molecule has 0 N–H and O–H groups in total. The van der Waals surface area contributed by atoms with E-state index in [1.54, 1.807) is 12.1 Å². The summed E-state index contributed by atoms with van der Waals surface area (Å²) in [6.07, 6.45) is 0. The first-order chi connectivity index (χ1) is 14.3. The zero-order valence-corrected chi connectivity index (χ0v) is 18.2. The van der Waals surface area contributed by atoms with E-state index in [0.29, 0.717) is 34.2 Å². The predicted molar refractivity (Wildman–Crippen MR) is 117 cm³/mol. The lowest BCUT2D eigenvalue weighted by molar-refractivity contribution is -0.870. The van der Waals surface area contributed by atoms with Crippen LogP contribution >= 0.6 is 11.3 Å². The summed E-state index contributed by atoms with van der Waals surface area (Å²) in [6, 6.07) is 17.3. The van der Waals surface area contributed by atoms with Crippen LogP contribution in [-0.2, 0) is 9.53 Å². The van der Waals surface area contributed by atoms with Crippen LogP contribution in [0.25, 0.3) is 10.8 Å². The minimum Gasteiger partial charge on any atom is -0.490 e. The quantitative estimate of drug-likeness (QED) is 0.162. The van der Waals surface area contributed by atoms with Gasteiger partial charge in [-0.15, -0.1) is 0 Å². The second kappa shape index (κ2) is 9.73. The van der Waals surface area contributed by atoms with Crippen LogP contribution in [0.2, 0.25) is 0 Å². The maximum Gasteiger partial charge on any atom is 0.380 e. The molecule has 1 aromatic heterocycles. The average Bonchev–Trinajstić information content (AvgIpc) is 3.18. The van der Waals surface area contributed by atoms with Crippen molar-refractivity contribution in [2.75, 3.05) is 47.5 Å². The Morgan fingerprint density at radius 3 is 2.37 bits per heavy atom. The third-order valence-corrected chi connectivity index (χ3v) is 5.30. The second-order valence-electron chi connectivity index (χ2n) is 7.80. The molecule has 0 aliphatic carbocycles. The van der Waals surface area contributed by atoms with Gasteiger partial charge in [-0.25, -0.2) is 4.79 Å². The summed E-state index contributed by atoms with van der Waals surface area (Å²) in [5, 5.41) is 2.83. The zero-order chi connectivity index (χ0) is 21.6. The number of esters is 1. The standard InChI is InChI=1S/C23H26NO5S/c1-24(2,3)12-13-29-23(26)22(25)20-10-11-21(30-20)28-15-14-27-19-9-8-17-6-4-5-7-18(17)16-19/h4-11,16H,12-15H2,1-3H3/q+1. The molecule has 0 spiro atoms. The largest absolute Gasteiger partial charge is 0.490 e. The Morgan fingerprint density at radius 2 is 1.60 bits per heavy atom. The van der Waals surface area contributed by atoms with E-state index >= 15 is 0 Å². The Labute approximate surface area is 180 Å². The van der Waals surface area contributed by atoms with Crippen molar-refractivity contribution in [2.45, 2.75) is 0 Å². The number of Topliss-reactive ketones (excluding diaryl/α,β-unsaturated/α-hetero) is 1. The Bertz CT molecular complexity index is 1020. The minimum atomic E-state index is -0.837. The minimum absolute atomic E-state index is 0.203. The third kappa shape index (κ3) is 6.30. The molecule has 0 saturated carbocycles. The van der Waals surface area contributed by atoms with Gasteiger partial charge in [-0.3, -0.25) is 4.79 Å². The number of ketones is 1. The van der Waals surface area contributed by atoms with E-state index in [2.05, 4.69) is 6.07 Å². The number of fused-ring (bicyclic) bond motifs is 1. The van der Waals surface area contributed by atoms with Gasteiger partial charge < -0.3 is 18.7 Å². The maximum atomic E-state index is 12.2. The first-order valence-corrected chi connectivity index (χ1v) is 10.5. The van der Waals surface area contributed by atoms with Crippen LogP contribution in [0.4, 0.5) is 0 Å². The molecule has 3 rings (SSSR count). The molecule has 0 atom stereocenters. The normalized spacial score (nSPS) is 11.3. The summed E-state index contributed by atoms with van der Waals surface area (Å²) >= 11 is 1.12. The summed E-state index contributed by atoms with van der Waals surface area (Å²) in [4.78, 5) is 24.4. The van der Waals surface area contributed by atoms with E-state index in [0.717, 1.165) is 27.9 Å². The number of benzene rings is 2. The molecule has 0 saturated heterocycles. The first kappa shape index (κ1) is 21.8. The van der Waals surface area contributed by atoms with Crippen molar-refractivity contribution >= 4 is 33.9 Å². The Balaban J connectivity index is 1.43. The number of ether oxygens (including phenoxy) is 3. The summed E-state index contributed by atoms with van der Waals surface area (Å²) in [7, 11) is 5.97. The van der Waals surface area contributed by atoms with E-state index in [-0.39, 0.29) is 6.61 Å². The molecule has 0 unspecified atom stereocenters. The molecule has 30 heavy (non-hydrogen) atoms. The van der Waals surface area contributed by atoms with Gasteiger partial charge in [0.05, 0.1) is 26.0 Å². The van der Waals surface area contributed by atoms with E-state index in [4.69, 9.17) is 14.2 Å². The number of thiophene rings is 1. The van der Waals surface area contributed by atoms with E-state index in [1.165, 1.54) is 0 Å². The number of hydrogen-bond donors (Lipinski definition) is 0. The molecule has 0 aliphatic rings. The van der Waals surface area contributed by atoms with Crippen LogP contribution in [0.15, 0.2) is 54.6 Å². The van der Waals surface area contributed by atoms with E-state index < -0.39 is 11.8 Å². The predicted octanol–water partition coefficient (Wildman–Crippen LogP) is 3.79. The van der Waals surface area contributed by atoms with Gasteiger partial charge in [0.15, 0.2) is 5.06 Å². The number of carbonyl (C=O) groups excluding carboxylic acids is 2. The molecule has 0 amide bonds. The van der Waals surface area contributed by atoms with Gasteiger partial charge in [-0.2, -0.15) is 0 Å². The molecule has 158 valence electrons. The zero-order valence-electron chi connectivity index (χ0n) is 17.4. The van der Waals surface area contributed by atoms with Gasteiger partial charge in [0.1, 0.15) is 32.1 Å². The average molecular weight is 429 g/mol. The molecule has 0 fully saturated rings. The Hall–Kier alpha value is -2.90. The summed E-state index contributed by atoms with van der Waals surface area (Å²) in [6.45, 7) is 1.53. The molecule has 3 aromatic rings. The fourth-order valence-electron chi connectivity index (χ4n) is 2.66. The van der Waals surface area contributed by atoms with Crippen LogP contribution < -0.4 is 9.47 Å². The molecule has 7 heteroatoms. The molecule has 2 aromatic carbocycles. The SMILES string of the molecule is C[N+](C)(C)CCOC(=O)C(=O)c1ccc(OCCOc2ccc3ccccc3c2)s1. The first-order valence-electron chi connectivity index (χ1n) is 9.68. The van der Waals surface area contributed by atoms with Crippen molar-refractivity contribution in [1.82, 2.24) is 0 Å². The summed E-state index contributed by atoms with van der Waals surface area (Å²) in [5.41, 5.74) is 0. The monoisotopic (exact) mass is 428 g/mol. The highest BCUT2D eigenvalue weighted by molar-refractivity contribution is 7.16. The van der Waals surface area contributed by atoms with Gasteiger partial charge >= 0.3 is 5.97 Å². The molecular formula is C23H26NO5S+. The lowest BCUT2D eigenvalue weighted by Crippen LogP contribution is -2.38. The summed E-state index contributed by atoms with van der Waals surface area (Å²) < 4.78 is 17.1. The highest BCUT2D eigenvalue weighted by Gasteiger charge is 2.21. The Morgan fingerprint density at radius 1 is 0.867 bits per heavy atom. The third-order valence-electron chi connectivity index (χ3n) is 4.30. The van der Waals surface area contributed by atoms with E-state index in [9.17, 15) is 9.59 Å². The number of quaternary nitrogens is 1. The smallest absolute Gasteiger partial charge is 0.380 e. The number of nitrogens with zero attached hydrogens (tertiary/aromatic N) is 1. The van der Waals surface area contributed by atoms with Gasteiger partial charge in [0.2, 0.25) is 0 Å². The second-order valence-corrected chi connectivity index (χ2v) is 8.85. The van der Waals surface area contributed by atoms with Crippen LogP contribution in [0.5, 0.6) is 10.8 Å². The van der Waals surface area contributed by atoms with Crippen molar-refractivity contribution in [3.63, 3.8) is 0 Å². The van der Waals surface area contributed by atoms with E-state index in [1.807, 2.05) is 57.5 Å². The van der Waals surface area contributed by atoms with Crippen LogP contribution in [0.3, 0.4) is 0 Å². The molecule has 6 nitrogen and oxygen atoms in total. The molecule has 0 bridgehead atoms. The van der Waals surface area contributed by atoms with Gasteiger partial charge in [0, 0.05) is 0 Å². The van der Waals surface area contributed by atoms with Crippen molar-refractivity contribution < 1.29 is 28.3 Å². The highest BCUT2D eigenvalue weighted by Crippen LogP contribution is 2.25. The van der Waals surface area contributed by atoms with Crippen molar-refractivity contribution in [3.8, 4) is 10.8 Å². The number of likely N-dealkylation sites (N-methyl/N-ethyl adjacent to an activating group) is 1. The molecule has 0 radical (unpaired) electrons. The Kier molecular flexibility index (Phi) is 7.07. The fourth-order valence-corrected chi connectivity index (χ4v) is 3.46. The highest BCUT2D eigenvalue weighted by atomic mass is 32.1. The maximum absolute atomic E-state index is 12.2. The lowest BCUT2D eigenvalue weighted by Gasteiger charge is -2.23. The summed E-state index contributed by atoms with van der Waals surface area (Å²) in [5.74, 6) is -0.712. The lowest BCUT2D eigenvalue weighted by atomic mass is 10.1. The molecule has 1 heterocycles.